The molecule has 2 aliphatic rings. The lowest BCUT2D eigenvalue weighted by atomic mass is 10.3. The van der Waals surface area contributed by atoms with Crippen molar-refractivity contribution in [1.29, 1.82) is 0 Å². The molecule has 0 aromatic carbocycles. The van der Waals surface area contributed by atoms with Gasteiger partial charge in [0.05, 0.1) is 6.10 Å². The van der Waals surface area contributed by atoms with E-state index in [4.69, 9.17) is 4.74 Å². The molecular weight excluding hydrogens is 254 g/mol. The molecule has 0 radical (unpaired) electrons. The summed E-state index contributed by atoms with van der Waals surface area (Å²) < 4.78 is 5.84. The van der Waals surface area contributed by atoms with E-state index in [1.807, 2.05) is 17.0 Å². The lowest BCUT2D eigenvalue weighted by Crippen LogP contribution is -2.38. The van der Waals surface area contributed by atoms with Gasteiger partial charge in [0.25, 0.3) is 0 Å². The Kier molecular flexibility index (Phi) is 4.16. The standard InChI is InChI=1S/C15H21N3O2/c19-15(17-9-12-3-6-16-7-4-12)18-8-5-14(10-18)20-11-13-1-2-13/h3-4,6-7,13-14H,1-2,5,8-11H2,(H,17,19). The Morgan fingerprint density at radius 1 is 1.35 bits per heavy atom. The zero-order chi connectivity index (χ0) is 13.8. The Labute approximate surface area is 119 Å². The van der Waals surface area contributed by atoms with Gasteiger partial charge in [0.15, 0.2) is 0 Å². The van der Waals surface area contributed by atoms with Crippen LogP contribution in [0.5, 0.6) is 0 Å². The summed E-state index contributed by atoms with van der Waals surface area (Å²) >= 11 is 0. The highest BCUT2D eigenvalue weighted by atomic mass is 16.5. The smallest absolute Gasteiger partial charge is 0.317 e. The van der Waals surface area contributed by atoms with E-state index < -0.39 is 0 Å². The number of nitrogens with zero attached hydrogens (tertiary/aromatic N) is 2. The summed E-state index contributed by atoms with van der Waals surface area (Å²) in [5.41, 5.74) is 1.06. The van der Waals surface area contributed by atoms with Crippen LogP contribution in [0.4, 0.5) is 4.79 Å². The number of urea groups is 1. The van der Waals surface area contributed by atoms with Gasteiger partial charge >= 0.3 is 6.03 Å². The lowest BCUT2D eigenvalue weighted by molar-refractivity contribution is 0.0538. The number of carbonyl (C=O) groups is 1. The van der Waals surface area contributed by atoms with E-state index in [1.54, 1.807) is 12.4 Å². The molecule has 5 heteroatoms. The van der Waals surface area contributed by atoms with Gasteiger partial charge in [-0.1, -0.05) is 0 Å². The molecule has 2 amide bonds. The maximum atomic E-state index is 12.1. The van der Waals surface area contributed by atoms with Crippen LogP contribution in [-0.2, 0) is 11.3 Å². The van der Waals surface area contributed by atoms with Crippen molar-refractivity contribution in [3.8, 4) is 0 Å². The highest BCUT2D eigenvalue weighted by Gasteiger charge is 2.29. The molecule has 1 saturated heterocycles. The van der Waals surface area contributed by atoms with Crippen molar-refractivity contribution in [2.75, 3.05) is 19.7 Å². The minimum atomic E-state index is -0.000616. The number of rotatable bonds is 5. The summed E-state index contributed by atoms with van der Waals surface area (Å²) in [5, 5.41) is 2.94. The summed E-state index contributed by atoms with van der Waals surface area (Å²) in [4.78, 5) is 17.9. The lowest BCUT2D eigenvalue weighted by Gasteiger charge is -2.17. The van der Waals surface area contributed by atoms with Crippen LogP contribution in [0.1, 0.15) is 24.8 Å². The molecule has 1 saturated carbocycles. The van der Waals surface area contributed by atoms with E-state index in [-0.39, 0.29) is 12.1 Å². The number of carbonyl (C=O) groups excluding carboxylic acids is 1. The normalized spacial score (nSPS) is 22.0. The first-order chi connectivity index (χ1) is 9.81. The fraction of sp³-hybridized carbons (Fsp3) is 0.600. The summed E-state index contributed by atoms with van der Waals surface area (Å²) in [6, 6.07) is 3.82. The number of aromatic nitrogens is 1. The van der Waals surface area contributed by atoms with E-state index in [0.717, 1.165) is 37.6 Å². The average molecular weight is 275 g/mol. The van der Waals surface area contributed by atoms with E-state index in [0.29, 0.717) is 6.54 Å². The summed E-state index contributed by atoms with van der Waals surface area (Å²) in [7, 11) is 0. The van der Waals surface area contributed by atoms with Gasteiger partial charge in [-0.3, -0.25) is 4.98 Å². The number of amides is 2. The fourth-order valence-corrected chi connectivity index (χ4v) is 2.40. The van der Waals surface area contributed by atoms with Crippen molar-refractivity contribution in [1.82, 2.24) is 15.2 Å². The molecule has 0 spiro atoms. The van der Waals surface area contributed by atoms with Gasteiger partial charge in [0.2, 0.25) is 0 Å². The van der Waals surface area contributed by atoms with Crippen LogP contribution in [0.15, 0.2) is 24.5 Å². The number of likely N-dealkylation sites (tertiary alicyclic amines) is 1. The zero-order valence-corrected chi connectivity index (χ0v) is 11.6. The van der Waals surface area contributed by atoms with E-state index in [9.17, 15) is 4.79 Å². The Balaban J connectivity index is 1.39. The second kappa shape index (κ2) is 6.22. The first kappa shape index (κ1) is 13.4. The molecule has 1 N–H and O–H groups in total. The van der Waals surface area contributed by atoms with Crippen LogP contribution in [0.25, 0.3) is 0 Å². The molecule has 1 aromatic rings. The maximum Gasteiger partial charge on any atom is 0.317 e. The monoisotopic (exact) mass is 275 g/mol. The molecule has 2 heterocycles. The third-order valence-corrected chi connectivity index (χ3v) is 3.89. The molecule has 2 fully saturated rings. The Morgan fingerprint density at radius 2 is 2.15 bits per heavy atom. The SMILES string of the molecule is O=C(NCc1ccncc1)N1CCC(OCC2CC2)C1. The quantitative estimate of drug-likeness (QED) is 0.891. The molecule has 1 unspecified atom stereocenters. The van der Waals surface area contributed by atoms with Gasteiger partial charge < -0.3 is 15.0 Å². The Hall–Kier alpha value is -1.62. The first-order valence-corrected chi connectivity index (χ1v) is 7.34. The molecule has 1 aromatic heterocycles. The summed E-state index contributed by atoms with van der Waals surface area (Å²) in [6.45, 7) is 2.93. The zero-order valence-electron chi connectivity index (χ0n) is 11.6. The number of ether oxygens (including phenoxy) is 1. The number of pyridine rings is 1. The van der Waals surface area contributed by atoms with Crippen molar-refractivity contribution < 1.29 is 9.53 Å². The van der Waals surface area contributed by atoms with Crippen molar-refractivity contribution in [3.05, 3.63) is 30.1 Å². The largest absolute Gasteiger partial charge is 0.376 e. The number of hydrogen-bond donors (Lipinski definition) is 1. The minimum Gasteiger partial charge on any atom is -0.376 e. The van der Waals surface area contributed by atoms with Crippen molar-refractivity contribution >= 4 is 6.03 Å². The second-order valence-corrected chi connectivity index (χ2v) is 5.65. The topological polar surface area (TPSA) is 54.5 Å². The second-order valence-electron chi connectivity index (χ2n) is 5.65. The highest BCUT2D eigenvalue weighted by Crippen LogP contribution is 2.29. The van der Waals surface area contributed by atoms with E-state index in [1.165, 1.54) is 12.8 Å². The number of hydrogen-bond acceptors (Lipinski definition) is 3. The molecule has 3 rings (SSSR count). The van der Waals surface area contributed by atoms with Crippen LogP contribution < -0.4 is 5.32 Å². The van der Waals surface area contributed by atoms with E-state index >= 15 is 0 Å². The number of nitrogens with one attached hydrogen (secondary N) is 1. The molecular formula is C15H21N3O2. The molecule has 1 atom stereocenters. The molecule has 20 heavy (non-hydrogen) atoms. The van der Waals surface area contributed by atoms with Gasteiger partial charge in [0, 0.05) is 38.6 Å². The molecule has 0 bridgehead atoms. The average Bonchev–Trinajstić information content (AvgIpc) is 3.20. The fourth-order valence-electron chi connectivity index (χ4n) is 2.40. The third kappa shape index (κ3) is 3.70. The highest BCUT2D eigenvalue weighted by molar-refractivity contribution is 5.74. The first-order valence-electron chi connectivity index (χ1n) is 7.34. The van der Waals surface area contributed by atoms with Gasteiger partial charge in [-0.05, 0) is 42.9 Å². The molecule has 1 aliphatic heterocycles. The van der Waals surface area contributed by atoms with Crippen LogP contribution in [-0.4, -0.2) is 41.7 Å². The molecule has 108 valence electrons. The summed E-state index contributed by atoms with van der Waals surface area (Å²) in [6.07, 6.45) is 7.27. The summed E-state index contributed by atoms with van der Waals surface area (Å²) in [5.74, 6) is 0.782. The van der Waals surface area contributed by atoms with Gasteiger partial charge in [-0.25, -0.2) is 4.79 Å². The Bertz CT molecular complexity index is 448. The van der Waals surface area contributed by atoms with Gasteiger partial charge in [-0.15, -0.1) is 0 Å². The predicted molar refractivity (Wildman–Crippen MR) is 75.1 cm³/mol. The van der Waals surface area contributed by atoms with Crippen molar-refractivity contribution in [2.24, 2.45) is 5.92 Å². The minimum absolute atomic E-state index is 0.000616. The van der Waals surface area contributed by atoms with Crippen LogP contribution in [0, 0.1) is 5.92 Å². The van der Waals surface area contributed by atoms with Crippen molar-refractivity contribution in [3.63, 3.8) is 0 Å². The maximum absolute atomic E-state index is 12.1. The van der Waals surface area contributed by atoms with Crippen molar-refractivity contribution in [2.45, 2.75) is 31.9 Å². The van der Waals surface area contributed by atoms with Gasteiger partial charge in [0.1, 0.15) is 0 Å². The van der Waals surface area contributed by atoms with Gasteiger partial charge in [-0.2, -0.15) is 0 Å². The third-order valence-electron chi connectivity index (χ3n) is 3.89. The van der Waals surface area contributed by atoms with Crippen LogP contribution in [0.2, 0.25) is 0 Å². The Morgan fingerprint density at radius 3 is 2.90 bits per heavy atom. The van der Waals surface area contributed by atoms with E-state index in [2.05, 4.69) is 10.3 Å². The molecule has 1 aliphatic carbocycles. The predicted octanol–water partition coefficient (Wildman–Crippen LogP) is 1.79. The molecule has 5 nitrogen and oxygen atoms in total. The van der Waals surface area contributed by atoms with Crippen LogP contribution >= 0.6 is 0 Å². The van der Waals surface area contributed by atoms with Crippen LogP contribution in [0.3, 0.4) is 0 Å².